The summed E-state index contributed by atoms with van der Waals surface area (Å²) in [5, 5.41) is 7.46. The Balaban J connectivity index is 1.60. The van der Waals surface area contributed by atoms with Gasteiger partial charge in [0.2, 0.25) is 11.7 Å². The van der Waals surface area contributed by atoms with Gasteiger partial charge in [0.1, 0.15) is 6.10 Å². The van der Waals surface area contributed by atoms with E-state index in [-0.39, 0.29) is 6.10 Å². The Morgan fingerprint density at radius 3 is 3.00 bits per heavy atom. The van der Waals surface area contributed by atoms with E-state index in [0.29, 0.717) is 11.9 Å². The predicted molar refractivity (Wildman–Crippen MR) is 74.4 cm³/mol. The fourth-order valence-corrected chi connectivity index (χ4v) is 2.82. The van der Waals surface area contributed by atoms with E-state index in [1.165, 1.54) is 12.8 Å². The van der Waals surface area contributed by atoms with Crippen LogP contribution in [0.3, 0.4) is 0 Å². The maximum absolute atomic E-state index is 5.76. The van der Waals surface area contributed by atoms with Crippen LogP contribution in [0.1, 0.15) is 37.6 Å². The quantitative estimate of drug-likeness (QED) is 0.839. The molecule has 2 unspecified atom stereocenters. The molecule has 1 aromatic rings. The molecule has 20 heavy (non-hydrogen) atoms. The first-order chi connectivity index (χ1) is 9.80. The van der Waals surface area contributed by atoms with Crippen molar-refractivity contribution in [3.63, 3.8) is 0 Å². The number of morpholine rings is 1. The molecule has 0 aromatic carbocycles. The highest BCUT2D eigenvalue weighted by Gasteiger charge is 2.32. The molecule has 1 N–H and O–H groups in total. The van der Waals surface area contributed by atoms with Crippen LogP contribution in [0.2, 0.25) is 0 Å². The van der Waals surface area contributed by atoms with Crippen LogP contribution >= 0.6 is 0 Å². The number of aromatic nitrogens is 2. The topological polar surface area (TPSA) is 63.4 Å². The number of likely N-dealkylation sites (N-methyl/N-ethyl adjacent to an activating group) is 2. The monoisotopic (exact) mass is 280 g/mol. The van der Waals surface area contributed by atoms with Crippen molar-refractivity contribution in [1.29, 1.82) is 0 Å². The highest BCUT2D eigenvalue weighted by molar-refractivity contribution is 4.98. The Hall–Kier alpha value is -0.980. The first-order valence-electron chi connectivity index (χ1n) is 7.63. The Labute approximate surface area is 119 Å². The smallest absolute Gasteiger partial charge is 0.228 e. The van der Waals surface area contributed by atoms with Crippen molar-refractivity contribution in [2.75, 3.05) is 33.3 Å². The SMILES string of the molecule is CCN1CCOC(c2noc(CC(NC)C3CC3)n2)C1. The minimum absolute atomic E-state index is 0.0461. The molecule has 112 valence electrons. The van der Waals surface area contributed by atoms with E-state index in [1.807, 2.05) is 7.05 Å². The van der Waals surface area contributed by atoms with E-state index in [2.05, 4.69) is 27.3 Å². The van der Waals surface area contributed by atoms with Crippen molar-refractivity contribution < 1.29 is 9.26 Å². The van der Waals surface area contributed by atoms with E-state index in [9.17, 15) is 0 Å². The van der Waals surface area contributed by atoms with Gasteiger partial charge in [0.15, 0.2) is 0 Å². The van der Waals surface area contributed by atoms with Crippen molar-refractivity contribution >= 4 is 0 Å². The fourth-order valence-electron chi connectivity index (χ4n) is 2.82. The maximum atomic E-state index is 5.76. The summed E-state index contributed by atoms with van der Waals surface area (Å²) in [7, 11) is 2.00. The molecule has 2 fully saturated rings. The summed E-state index contributed by atoms with van der Waals surface area (Å²) in [5.41, 5.74) is 0. The summed E-state index contributed by atoms with van der Waals surface area (Å²) < 4.78 is 11.2. The minimum atomic E-state index is -0.0461. The first kappa shape index (κ1) is 14.0. The predicted octanol–water partition coefficient (Wildman–Crippen LogP) is 1.00. The number of nitrogens with one attached hydrogen (secondary N) is 1. The second-order valence-corrected chi connectivity index (χ2v) is 5.74. The lowest BCUT2D eigenvalue weighted by atomic mass is 10.1. The van der Waals surface area contributed by atoms with Gasteiger partial charge < -0.3 is 14.6 Å². The molecular formula is C14H24N4O2. The Bertz CT molecular complexity index is 433. The van der Waals surface area contributed by atoms with Gasteiger partial charge in [0.25, 0.3) is 0 Å². The summed E-state index contributed by atoms with van der Waals surface area (Å²) in [6.07, 6.45) is 3.39. The molecule has 2 aliphatic rings. The molecule has 0 radical (unpaired) electrons. The Morgan fingerprint density at radius 1 is 1.45 bits per heavy atom. The molecule has 0 spiro atoms. The van der Waals surface area contributed by atoms with Gasteiger partial charge in [-0.2, -0.15) is 4.98 Å². The Morgan fingerprint density at radius 2 is 2.30 bits per heavy atom. The lowest BCUT2D eigenvalue weighted by molar-refractivity contribution is -0.0334. The van der Waals surface area contributed by atoms with Crippen LogP contribution in [0.15, 0.2) is 4.52 Å². The van der Waals surface area contributed by atoms with Crippen LogP contribution < -0.4 is 5.32 Å². The molecule has 1 aliphatic carbocycles. The van der Waals surface area contributed by atoms with E-state index in [0.717, 1.165) is 44.5 Å². The number of rotatable bonds is 6. The van der Waals surface area contributed by atoms with Gasteiger partial charge in [-0.25, -0.2) is 0 Å². The summed E-state index contributed by atoms with van der Waals surface area (Å²) >= 11 is 0. The van der Waals surface area contributed by atoms with Gasteiger partial charge in [0.05, 0.1) is 6.61 Å². The van der Waals surface area contributed by atoms with Crippen LogP contribution in [0.25, 0.3) is 0 Å². The standard InChI is InChI=1S/C14H24N4O2/c1-3-18-6-7-19-12(9-18)14-16-13(20-17-14)8-11(15-2)10-4-5-10/h10-12,15H,3-9H2,1-2H3. The second-order valence-electron chi connectivity index (χ2n) is 5.74. The number of ether oxygens (including phenoxy) is 1. The van der Waals surface area contributed by atoms with Gasteiger partial charge >= 0.3 is 0 Å². The first-order valence-corrected chi connectivity index (χ1v) is 7.63. The van der Waals surface area contributed by atoms with Crippen molar-refractivity contribution in [1.82, 2.24) is 20.4 Å². The molecule has 6 nitrogen and oxygen atoms in total. The third kappa shape index (κ3) is 3.19. The summed E-state index contributed by atoms with van der Waals surface area (Å²) in [6.45, 7) is 5.78. The third-order valence-corrected chi connectivity index (χ3v) is 4.33. The minimum Gasteiger partial charge on any atom is -0.367 e. The molecule has 6 heteroatoms. The molecule has 2 heterocycles. The van der Waals surface area contributed by atoms with Crippen molar-refractivity contribution in [2.24, 2.45) is 5.92 Å². The molecule has 0 amide bonds. The van der Waals surface area contributed by atoms with Crippen LogP contribution in [0.4, 0.5) is 0 Å². The Kier molecular flexibility index (Phi) is 4.33. The average molecular weight is 280 g/mol. The number of hydrogen-bond acceptors (Lipinski definition) is 6. The zero-order valence-electron chi connectivity index (χ0n) is 12.3. The summed E-state index contributed by atoms with van der Waals surface area (Å²) in [5.74, 6) is 2.20. The van der Waals surface area contributed by atoms with Gasteiger partial charge in [-0.15, -0.1) is 0 Å². The highest BCUT2D eigenvalue weighted by Crippen LogP contribution is 2.33. The fraction of sp³-hybridized carbons (Fsp3) is 0.857. The van der Waals surface area contributed by atoms with E-state index in [4.69, 9.17) is 9.26 Å². The molecule has 1 aromatic heterocycles. The molecule has 1 saturated carbocycles. The molecule has 3 rings (SSSR count). The third-order valence-electron chi connectivity index (χ3n) is 4.33. The zero-order valence-corrected chi connectivity index (χ0v) is 12.3. The highest BCUT2D eigenvalue weighted by atomic mass is 16.5. The summed E-state index contributed by atoms with van der Waals surface area (Å²) in [6, 6.07) is 0.461. The second kappa shape index (κ2) is 6.20. The van der Waals surface area contributed by atoms with Crippen LogP contribution in [-0.2, 0) is 11.2 Å². The normalized spacial score (nSPS) is 25.8. The van der Waals surface area contributed by atoms with E-state index in [1.54, 1.807) is 0 Å². The largest absolute Gasteiger partial charge is 0.367 e. The lowest BCUT2D eigenvalue weighted by Gasteiger charge is -2.30. The molecule has 2 atom stereocenters. The average Bonchev–Trinajstić information content (AvgIpc) is 3.23. The van der Waals surface area contributed by atoms with Gasteiger partial charge in [-0.05, 0) is 32.4 Å². The van der Waals surface area contributed by atoms with Gasteiger partial charge in [-0.3, -0.25) is 4.90 Å². The molecule has 1 saturated heterocycles. The van der Waals surface area contributed by atoms with E-state index < -0.39 is 0 Å². The van der Waals surface area contributed by atoms with Crippen molar-refractivity contribution in [3.8, 4) is 0 Å². The van der Waals surface area contributed by atoms with E-state index >= 15 is 0 Å². The molecular weight excluding hydrogens is 256 g/mol. The van der Waals surface area contributed by atoms with Crippen molar-refractivity contribution in [2.45, 2.75) is 38.3 Å². The summed E-state index contributed by atoms with van der Waals surface area (Å²) in [4.78, 5) is 6.88. The van der Waals surface area contributed by atoms with Crippen LogP contribution in [-0.4, -0.2) is 54.4 Å². The lowest BCUT2D eigenvalue weighted by Crippen LogP contribution is -2.38. The van der Waals surface area contributed by atoms with Gasteiger partial charge in [-0.1, -0.05) is 12.1 Å². The molecule has 0 bridgehead atoms. The zero-order chi connectivity index (χ0) is 13.9. The van der Waals surface area contributed by atoms with Gasteiger partial charge in [0, 0.05) is 25.6 Å². The number of hydrogen-bond donors (Lipinski definition) is 1. The number of nitrogens with zero attached hydrogens (tertiary/aromatic N) is 3. The van der Waals surface area contributed by atoms with Crippen molar-refractivity contribution in [3.05, 3.63) is 11.7 Å². The maximum Gasteiger partial charge on any atom is 0.228 e. The van der Waals surface area contributed by atoms with Crippen LogP contribution in [0.5, 0.6) is 0 Å². The molecule has 1 aliphatic heterocycles. The van der Waals surface area contributed by atoms with Crippen LogP contribution in [0, 0.1) is 5.92 Å².